The highest BCUT2D eigenvalue weighted by molar-refractivity contribution is 7.78. The van der Waals surface area contributed by atoms with E-state index in [0.29, 0.717) is 0 Å². The van der Waals surface area contributed by atoms with Gasteiger partial charge < -0.3 is 5.11 Å². The Morgan fingerprint density at radius 3 is 2.09 bits per heavy atom. The van der Waals surface area contributed by atoms with Gasteiger partial charge in [0.2, 0.25) is 11.0 Å². The van der Waals surface area contributed by atoms with E-state index in [1.54, 1.807) is 13.8 Å². The molecule has 0 saturated carbocycles. The molecule has 0 rings (SSSR count). The van der Waals surface area contributed by atoms with Gasteiger partial charge in [-0.25, -0.2) is 5.21 Å². The molecule has 0 aromatic rings. The highest BCUT2D eigenvalue weighted by Crippen LogP contribution is 2.11. The number of hydroxylamine groups is 2. The van der Waals surface area contributed by atoms with Crippen LogP contribution in [0.25, 0.3) is 0 Å². The number of quaternary nitrogens is 1. The van der Waals surface area contributed by atoms with Crippen LogP contribution in [-0.2, 0) is 11.0 Å². The van der Waals surface area contributed by atoms with Gasteiger partial charge in [-0.15, -0.1) is 0 Å². The summed E-state index contributed by atoms with van der Waals surface area (Å²) in [7, 11) is -1.37. The van der Waals surface area contributed by atoms with Gasteiger partial charge in [-0.05, 0) is 13.8 Å². The van der Waals surface area contributed by atoms with E-state index in [1.807, 2.05) is 0 Å². The fourth-order valence-electron chi connectivity index (χ4n) is 0.827. The van der Waals surface area contributed by atoms with Gasteiger partial charge in [0.1, 0.15) is 12.6 Å². The monoisotopic (exact) mass is 182 g/mol. The summed E-state index contributed by atoms with van der Waals surface area (Å²) < 4.78 is 10.4. The Hall–Kier alpha value is 0.0300. The molecule has 0 fully saturated rings. The standard InChI is InChI=1S/C6H16NO3S/c1-6(2)7(9,4-5-8)11(3)10/h6,8-9H,4-5H2,1-3H3/q+1/t7?,11-/m1/s1. The molecule has 0 radical (unpaired) electrons. The zero-order valence-corrected chi connectivity index (χ0v) is 7.97. The Kier molecular flexibility index (Phi) is 4.17. The predicted molar refractivity (Wildman–Crippen MR) is 43.2 cm³/mol. The van der Waals surface area contributed by atoms with Crippen molar-refractivity contribution in [2.75, 3.05) is 19.4 Å². The van der Waals surface area contributed by atoms with Crippen molar-refractivity contribution in [1.82, 2.24) is 0 Å². The molecule has 0 aliphatic carbocycles. The number of hydrogen-bond donors (Lipinski definition) is 2. The number of hydrogen-bond acceptors (Lipinski definition) is 3. The molecular weight excluding hydrogens is 166 g/mol. The van der Waals surface area contributed by atoms with Gasteiger partial charge >= 0.3 is 0 Å². The Morgan fingerprint density at radius 1 is 1.55 bits per heavy atom. The fraction of sp³-hybridized carbons (Fsp3) is 1.00. The number of rotatable bonds is 4. The normalized spacial score (nSPS) is 19.8. The van der Waals surface area contributed by atoms with E-state index in [0.717, 1.165) is 0 Å². The molecule has 4 nitrogen and oxygen atoms in total. The molecule has 0 amide bonds. The van der Waals surface area contributed by atoms with Crippen LogP contribution in [0.15, 0.2) is 0 Å². The summed E-state index contributed by atoms with van der Waals surface area (Å²) >= 11 is 0. The predicted octanol–water partition coefficient (Wildman–Crippen LogP) is -0.113. The first-order chi connectivity index (χ1) is 4.95. The molecule has 0 aromatic heterocycles. The van der Waals surface area contributed by atoms with Gasteiger partial charge in [-0.3, -0.25) is 0 Å². The van der Waals surface area contributed by atoms with Gasteiger partial charge in [-0.2, -0.15) is 4.21 Å². The molecule has 11 heavy (non-hydrogen) atoms. The highest BCUT2D eigenvalue weighted by atomic mass is 32.2. The molecule has 0 spiro atoms. The van der Waals surface area contributed by atoms with Gasteiger partial charge in [-0.1, -0.05) is 4.05 Å². The van der Waals surface area contributed by atoms with Gasteiger partial charge in [0.25, 0.3) is 0 Å². The van der Waals surface area contributed by atoms with Gasteiger partial charge in [0, 0.05) is 0 Å². The SMILES string of the molecule is CC(C)[N+](O)(CCO)[S@@](C)=O. The fourth-order valence-corrected chi connectivity index (χ4v) is 1.76. The maximum Gasteiger partial charge on any atom is 0.236 e. The average molecular weight is 182 g/mol. The molecule has 0 aromatic carbocycles. The van der Waals surface area contributed by atoms with E-state index in [4.69, 9.17) is 5.11 Å². The van der Waals surface area contributed by atoms with Crippen LogP contribution in [0.3, 0.4) is 0 Å². The topological polar surface area (TPSA) is 57.5 Å². The number of aliphatic hydroxyl groups is 1. The van der Waals surface area contributed by atoms with Crippen LogP contribution in [0.1, 0.15) is 13.8 Å². The van der Waals surface area contributed by atoms with E-state index in [1.165, 1.54) is 6.26 Å². The van der Waals surface area contributed by atoms with Crippen molar-refractivity contribution < 1.29 is 18.6 Å². The van der Waals surface area contributed by atoms with Gasteiger partial charge in [0.15, 0.2) is 0 Å². The molecule has 0 aliphatic rings. The first-order valence-corrected chi connectivity index (χ1v) is 5.02. The average Bonchev–Trinajstić information content (AvgIpc) is 1.87. The molecule has 1 unspecified atom stereocenters. The van der Waals surface area contributed by atoms with Crippen LogP contribution < -0.4 is 0 Å². The molecule has 2 atom stereocenters. The zero-order valence-electron chi connectivity index (χ0n) is 7.15. The minimum absolute atomic E-state index is 0.112. The molecule has 0 heterocycles. The highest BCUT2D eigenvalue weighted by Gasteiger charge is 2.34. The van der Waals surface area contributed by atoms with E-state index in [-0.39, 0.29) is 19.2 Å². The lowest BCUT2D eigenvalue weighted by Crippen LogP contribution is -2.52. The first kappa shape index (κ1) is 11.0. The minimum atomic E-state index is -1.37. The van der Waals surface area contributed by atoms with Crippen LogP contribution in [0.5, 0.6) is 0 Å². The third kappa shape index (κ3) is 2.52. The van der Waals surface area contributed by atoms with E-state index >= 15 is 0 Å². The maximum absolute atomic E-state index is 11.0. The molecular formula is C6H16NO3S+. The van der Waals surface area contributed by atoms with Crippen molar-refractivity contribution in [1.29, 1.82) is 0 Å². The second kappa shape index (κ2) is 4.15. The van der Waals surface area contributed by atoms with Crippen molar-refractivity contribution in [3.63, 3.8) is 0 Å². The van der Waals surface area contributed by atoms with Gasteiger partial charge in [0.05, 0.1) is 12.9 Å². The first-order valence-electron chi connectivity index (χ1n) is 3.50. The zero-order chi connectivity index (χ0) is 9.07. The van der Waals surface area contributed by atoms with Crippen LogP contribution in [0.2, 0.25) is 0 Å². The van der Waals surface area contributed by atoms with Crippen molar-refractivity contribution in [2.45, 2.75) is 19.9 Å². The largest absolute Gasteiger partial charge is 0.390 e. The van der Waals surface area contributed by atoms with E-state index < -0.39 is 15.0 Å². The minimum Gasteiger partial charge on any atom is -0.390 e. The Morgan fingerprint density at radius 2 is 2.00 bits per heavy atom. The number of aliphatic hydroxyl groups excluding tert-OH is 1. The summed E-state index contributed by atoms with van der Waals surface area (Å²) in [4.78, 5) is 0. The van der Waals surface area contributed by atoms with Crippen molar-refractivity contribution in [3.05, 3.63) is 0 Å². The Bertz CT molecular complexity index is 151. The molecule has 0 aliphatic heterocycles. The van der Waals surface area contributed by atoms with E-state index in [2.05, 4.69) is 0 Å². The summed E-state index contributed by atoms with van der Waals surface area (Å²) in [6.45, 7) is 3.48. The Balaban J connectivity index is 4.38. The second-order valence-corrected chi connectivity index (χ2v) is 4.20. The molecule has 5 heteroatoms. The summed E-state index contributed by atoms with van der Waals surface area (Å²) in [6.07, 6.45) is 1.43. The summed E-state index contributed by atoms with van der Waals surface area (Å²) in [5.74, 6) is 0. The maximum atomic E-state index is 11.0. The third-order valence-electron chi connectivity index (χ3n) is 1.67. The van der Waals surface area contributed by atoms with Crippen LogP contribution in [0, 0.1) is 0 Å². The van der Waals surface area contributed by atoms with Crippen molar-refractivity contribution in [3.8, 4) is 0 Å². The summed E-state index contributed by atoms with van der Waals surface area (Å²) in [6, 6.07) is -0.159. The lowest BCUT2D eigenvalue weighted by Gasteiger charge is -2.29. The van der Waals surface area contributed by atoms with Crippen LogP contribution >= 0.6 is 0 Å². The lowest BCUT2D eigenvalue weighted by molar-refractivity contribution is -1.01. The summed E-state index contributed by atoms with van der Waals surface area (Å²) in [5.41, 5.74) is 0. The third-order valence-corrected chi connectivity index (χ3v) is 3.17. The quantitative estimate of drug-likeness (QED) is 0.471. The smallest absolute Gasteiger partial charge is 0.236 e. The van der Waals surface area contributed by atoms with Crippen molar-refractivity contribution >= 4 is 11.0 Å². The molecule has 68 valence electrons. The van der Waals surface area contributed by atoms with Crippen molar-refractivity contribution in [2.24, 2.45) is 0 Å². The lowest BCUT2D eigenvalue weighted by atomic mass is 10.4. The van der Waals surface area contributed by atoms with Crippen LogP contribution in [0.4, 0.5) is 0 Å². The van der Waals surface area contributed by atoms with E-state index in [9.17, 15) is 9.42 Å². The summed E-state index contributed by atoms with van der Waals surface area (Å²) in [5, 5.41) is 18.2. The second-order valence-electron chi connectivity index (χ2n) is 2.72. The molecule has 0 saturated heterocycles. The molecule has 0 bridgehead atoms. The number of nitrogens with zero attached hydrogens (tertiary/aromatic N) is 1. The Labute approximate surface area is 69.6 Å². The van der Waals surface area contributed by atoms with Crippen LogP contribution in [-0.4, -0.2) is 44.0 Å². The molecule has 2 N–H and O–H groups in total.